The van der Waals surface area contributed by atoms with Crippen molar-refractivity contribution in [3.8, 4) is 0 Å². The highest BCUT2D eigenvalue weighted by molar-refractivity contribution is 6.30. The lowest BCUT2D eigenvalue weighted by Gasteiger charge is -2.32. The zero-order chi connectivity index (χ0) is 22.9. The summed E-state index contributed by atoms with van der Waals surface area (Å²) in [7, 11) is 0. The van der Waals surface area contributed by atoms with Gasteiger partial charge in [-0.1, -0.05) is 73.1 Å². The lowest BCUT2D eigenvalue weighted by Crippen LogP contribution is -2.44. The molecule has 166 valence electrons. The second kappa shape index (κ2) is 11.4. The maximum Gasteiger partial charge on any atom is 0.247 e. The van der Waals surface area contributed by atoms with Crippen LogP contribution in [0.4, 0.5) is 4.39 Å². The Morgan fingerprint density at radius 1 is 0.938 bits per heavy atom. The van der Waals surface area contributed by atoms with Crippen LogP contribution in [0.25, 0.3) is 0 Å². The van der Waals surface area contributed by atoms with E-state index in [1.165, 1.54) is 12.1 Å². The number of amides is 2. The van der Waals surface area contributed by atoms with Gasteiger partial charge in [0, 0.05) is 18.1 Å². The minimum absolute atomic E-state index is 0.114. The summed E-state index contributed by atoms with van der Waals surface area (Å²) in [5.74, 6) is -0.810. The van der Waals surface area contributed by atoms with E-state index in [1.807, 2.05) is 37.3 Å². The minimum Gasteiger partial charge on any atom is -0.354 e. The van der Waals surface area contributed by atoms with Crippen LogP contribution < -0.4 is 5.32 Å². The highest BCUT2D eigenvalue weighted by atomic mass is 35.5. The van der Waals surface area contributed by atoms with E-state index in [9.17, 15) is 14.0 Å². The molecule has 0 radical (unpaired) electrons. The molecule has 2 amide bonds. The Hall–Kier alpha value is -3.18. The van der Waals surface area contributed by atoms with Gasteiger partial charge in [-0.05, 0) is 47.4 Å². The van der Waals surface area contributed by atoms with Crippen LogP contribution in [-0.2, 0) is 22.6 Å². The largest absolute Gasteiger partial charge is 0.354 e. The Morgan fingerprint density at radius 3 is 2.19 bits per heavy atom. The molecule has 0 aromatic heterocycles. The van der Waals surface area contributed by atoms with Gasteiger partial charge in [0.25, 0.3) is 0 Å². The van der Waals surface area contributed by atoms with E-state index in [1.54, 1.807) is 41.3 Å². The molecule has 1 N–H and O–H groups in total. The molecular weight excluding hydrogens is 427 g/mol. The molecule has 32 heavy (non-hydrogen) atoms. The molecule has 0 saturated heterocycles. The lowest BCUT2D eigenvalue weighted by atomic mass is 10.0. The zero-order valence-electron chi connectivity index (χ0n) is 17.9. The number of carbonyl (C=O) groups excluding carboxylic acids is 2. The number of hydrogen-bond acceptors (Lipinski definition) is 2. The van der Waals surface area contributed by atoms with E-state index in [-0.39, 0.29) is 30.6 Å². The van der Waals surface area contributed by atoms with Gasteiger partial charge in [0.05, 0.1) is 6.42 Å². The Labute approximate surface area is 193 Å². The molecule has 3 aromatic carbocycles. The third-order valence-corrected chi connectivity index (χ3v) is 5.33. The summed E-state index contributed by atoms with van der Waals surface area (Å²) in [6.45, 7) is 2.66. The van der Waals surface area contributed by atoms with Crippen molar-refractivity contribution < 1.29 is 14.0 Å². The van der Waals surface area contributed by atoms with Crippen molar-refractivity contribution in [3.05, 3.63) is 106 Å². The number of benzene rings is 3. The topological polar surface area (TPSA) is 49.4 Å². The van der Waals surface area contributed by atoms with E-state index in [2.05, 4.69) is 5.32 Å². The first-order valence-electron chi connectivity index (χ1n) is 10.6. The number of hydrogen-bond donors (Lipinski definition) is 1. The maximum absolute atomic E-state index is 13.5. The predicted octanol–water partition coefficient (Wildman–Crippen LogP) is 5.32. The van der Waals surface area contributed by atoms with E-state index >= 15 is 0 Å². The van der Waals surface area contributed by atoms with Crippen molar-refractivity contribution in [2.45, 2.75) is 32.4 Å². The highest BCUT2D eigenvalue weighted by Crippen LogP contribution is 2.25. The minimum atomic E-state index is -0.812. The highest BCUT2D eigenvalue weighted by Gasteiger charge is 2.31. The van der Waals surface area contributed by atoms with Crippen LogP contribution in [0.5, 0.6) is 0 Å². The van der Waals surface area contributed by atoms with Gasteiger partial charge in [0.1, 0.15) is 11.9 Å². The molecule has 0 aliphatic carbocycles. The Morgan fingerprint density at radius 2 is 1.56 bits per heavy atom. The lowest BCUT2D eigenvalue weighted by molar-refractivity contribution is -0.141. The van der Waals surface area contributed by atoms with E-state index < -0.39 is 6.04 Å². The quantitative estimate of drug-likeness (QED) is 0.477. The van der Waals surface area contributed by atoms with Gasteiger partial charge < -0.3 is 10.2 Å². The summed E-state index contributed by atoms with van der Waals surface area (Å²) in [6.07, 6.45) is 0.896. The second-order valence-corrected chi connectivity index (χ2v) is 7.99. The summed E-state index contributed by atoms with van der Waals surface area (Å²) in [5, 5.41) is 3.51. The van der Waals surface area contributed by atoms with Crippen molar-refractivity contribution in [2.75, 3.05) is 6.54 Å². The normalized spacial score (nSPS) is 11.6. The Balaban J connectivity index is 1.97. The van der Waals surface area contributed by atoms with Crippen LogP contribution in [0.1, 0.15) is 36.1 Å². The maximum atomic E-state index is 13.5. The first-order valence-corrected chi connectivity index (χ1v) is 11.0. The first kappa shape index (κ1) is 23.5. The average molecular weight is 453 g/mol. The molecule has 6 heteroatoms. The third-order valence-electron chi connectivity index (χ3n) is 5.08. The van der Waals surface area contributed by atoms with Crippen LogP contribution in [0.15, 0.2) is 78.9 Å². The first-order chi connectivity index (χ1) is 15.5. The summed E-state index contributed by atoms with van der Waals surface area (Å²) >= 11 is 5.97. The molecule has 1 atom stereocenters. The number of carbonyl (C=O) groups is 2. The molecule has 0 bridgehead atoms. The monoisotopic (exact) mass is 452 g/mol. The molecule has 3 aromatic rings. The van der Waals surface area contributed by atoms with Crippen molar-refractivity contribution in [2.24, 2.45) is 0 Å². The molecule has 0 aliphatic rings. The van der Waals surface area contributed by atoms with Crippen LogP contribution in [0.3, 0.4) is 0 Å². The van der Waals surface area contributed by atoms with Crippen LogP contribution >= 0.6 is 11.6 Å². The van der Waals surface area contributed by atoms with E-state index in [4.69, 9.17) is 11.6 Å². The molecule has 0 heterocycles. The van der Waals surface area contributed by atoms with Gasteiger partial charge in [-0.25, -0.2) is 4.39 Å². The molecule has 0 fully saturated rings. The summed E-state index contributed by atoms with van der Waals surface area (Å²) in [6, 6.07) is 21.4. The SMILES string of the molecule is CCCNC(=O)C(c1ccccc1)N(Cc1ccc(F)cc1)C(=O)Cc1ccc(Cl)cc1. The van der Waals surface area contributed by atoms with Crippen LogP contribution in [0, 0.1) is 5.82 Å². The van der Waals surface area contributed by atoms with Gasteiger partial charge in [-0.2, -0.15) is 0 Å². The average Bonchev–Trinajstić information content (AvgIpc) is 2.80. The van der Waals surface area contributed by atoms with Crippen LogP contribution in [-0.4, -0.2) is 23.3 Å². The van der Waals surface area contributed by atoms with E-state index in [0.29, 0.717) is 17.1 Å². The van der Waals surface area contributed by atoms with Gasteiger partial charge >= 0.3 is 0 Å². The molecule has 3 rings (SSSR count). The van der Waals surface area contributed by atoms with Gasteiger partial charge in [-0.3, -0.25) is 9.59 Å². The molecule has 4 nitrogen and oxygen atoms in total. The van der Waals surface area contributed by atoms with E-state index in [0.717, 1.165) is 17.5 Å². The van der Waals surface area contributed by atoms with Gasteiger partial charge in [0.15, 0.2) is 0 Å². The van der Waals surface area contributed by atoms with Crippen molar-refractivity contribution >= 4 is 23.4 Å². The molecule has 1 unspecified atom stereocenters. The van der Waals surface area contributed by atoms with Gasteiger partial charge in [0.2, 0.25) is 11.8 Å². The number of rotatable bonds is 9. The molecule has 0 saturated carbocycles. The Kier molecular flexibility index (Phi) is 8.40. The summed E-state index contributed by atoms with van der Waals surface area (Å²) in [5.41, 5.74) is 2.25. The van der Waals surface area contributed by atoms with Crippen molar-refractivity contribution in [3.63, 3.8) is 0 Å². The summed E-state index contributed by atoms with van der Waals surface area (Å²) in [4.78, 5) is 28.3. The number of nitrogens with one attached hydrogen (secondary N) is 1. The second-order valence-electron chi connectivity index (χ2n) is 7.56. The fraction of sp³-hybridized carbons (Fsp3) is 0.231. The van der Waals surface area contributed by atoms with Crippen LogP contribution in [0.2, 0.25) is 5.02 Å². The Bertz CT molecular complexity index is 1020. The summed E-state index contributed by atoms with van der Waals surface area (Å²) < 4.78 is 13.4. The molecular formula is C26H26ClFN2O2. The molecule has 0 spiro atoms. The zero-order valence-corrected chi connectivity index (χ0v) is 18.7. The standard InChI is InChI=1S/C26H26ClFN2O2/c1-2-16-29-26(32)25(21-6-4-3-5-7-21)30(18-20-10-14-23(28)15-11-20)24(31)17-19-8-12-22(27)13-9-19/h3-15,25H,2,16-18H2,1H3,(H,29,32). The fourth-order valence-corrected chi connectivity index (χ4v) is 3.57. The van der Waals surface area contributed by atoms with Crippen molar-refractivity contribution in [1.82, 2.24) is 10.2 Å². The number of halogens is 2. The number of nitrogens with zero attached hydrogens (tertiary/aromatic N) is 1. The smallest absolute Gasteiger partial charge is 0.247 e. The van der Waals surface area contributed by atoms with Gasteiger partial charge in [-0.15, -0.1) is 0 Å². The third kappa shape index (κ3) is 6.41. The fourth-order valence-electron chi connectivity index (χ4n) is 3.44. The molecule has 0 aliphatic heterocycles. The predicted molar refractivity (Wildman–Crippen MR) is 125 cm³/mol. The van der Waals surface area contributed by atoms with Crippen molar-refractivity contribution in [1.29, 1.82) is 0 Å².